The van der Waals surface area contributed by atoms with Crippen molar-refractivity contribution in [1.82, 2.24) is 10.6 Å². The van der Waals surface area contributed by atoms with E-state index in [2.05, 4.69) is 26.6 Å². The molecule has 32 heavy (non-hydrogen) atoms. The van der Waals surface area contributed by atoms with Gasteiger partial charge >= 0.3 is 12.1 Å². The molecule has 0 aliphatic heterocycles. The van der Waals surface area contributed by atoms with Crippen LogP contribution in [-0.4, -0.2) is 37.7 Å². The van der Waals surface area contributed by atoms with E-state index in [1.165, 1.54) is 7.11 Å². The first-order valence-electron chi connectivity index (χ1n) is 10.5. The van der Waals surface area contributed by atoms with Gasteiger partial charge in [-0.2, -0.15) is 0 Å². The van der Waals surface area contributed by atoms with Gasteiger partial charge in [-0.05, 0) is 30.0 Å². The molecule has 0 aliphatic rings. The highest BCUT2D eigenvalue weighted by molar-refractivity contribution is 9.10. The Labute approximate surface area is 197 Å². The minimum absolute atomic E-state index is 0.206. The minimum atomic E-state index is -0.743. The number of esters is 1. The van der Waals surface area contributed by atoms with Crippen molar-refractivity contribution in [3.05, 3.63) is 70.2 Å². The third-order valence-corrected chi connectivity index (χ3v) is 5.54. The number of methoxy groups -OCH3 is 1. The molecule has 8 heteroatoms. The summed E-state index contributed by atoms with van der Waals surface area (Å²) in [6, 6.07) is 16.3. The van der Waals surface area contributed by atoms with Crippen LogP contribution >= 0.6 is 15.9 Å². The zero-order chi connectivity index (χ0) is 23.2. The van der Waals surface area contributed by atoms with Gasteiger partial charge in [-0.15, -0.1) is 0 Å². The number of unbranched alkanes of at least 4 members (excludes halogenated alkanes) is 2. The summed E-state index contributed by atoms with van der Waals surface area (Å²) in [6.07, 6.45) is 2.32. The van der Waals surface area contributed by atoms with Crippen molar-refractivity contribution < 1.29 is 23.9 Å². The first-order valence-corrected chi connectivity index (χ1v) is 11.3. The maximum atomic E-state index is 12.3. The van der Waals surface area contributed by atoms with E-state index in [0.717, 1.165) is 28.4 Å². The monoisotopic (exact) mass is 504 g/mol. The fraction of sp³-hybridized carbons (Fsp3) is 0.375. The van der Waals surface area contributed by atoms with Gasteiger partial charge in [0.2, 0.25) is 5.91 Å². The molecule has 2 amide bonds. The van der Waals surface area contributed by atoms with E-state index in [1.807, 2.05) is 54.6 Å². The number of nitrogens with one attached hydrogen (secondary N) is 2. The summed E-state index contributed by atoms with van der Waals surface area (Å²) in [5, 5.41) is 5.46. The lowest BCUT2D eigenvalue weighted by atomic mass is 10.1. The molecular weight excluding hydrogens is 476 g/mol. The molecule has 0 saturated carbocycles. The molecule has 2 N–H and O–H groups in total. The lowest BCUT2D eigenvalue weighted by molar-refractivity contribution is -0.145. The number of ether oxygens (including phenoxy) is 2. The molecule has 172 valence electrons. The zero-order valence-corrected chi connectivity index (χ0v) is 19.7. The molecule has 0 spiro atoms. The highest BCUT2D eigenvalue weighted by Crippen LogP contribution is 2.18. The largest absolute Gasteiger partial charge is 0.467 e. The van der Waals surface area contributed by atoms with Crippen LogP contribution < -0.4 is 10.6 Å². The number of amides is 2. The Morgan fingerprint density at radius 3 is 2.41 bits per heavy atom. The molecule has 1 atom stereocenters. The number of carbonyl (C=O) groups excluding carboxylic acids is 3. The van der Waals surface area contributed by atoms with Gasteiger partial charge in [0.1, 0.15) is 12.6 Å². The molecule has 0 bridgehead atoms. The predicted molar refractivity (Wildman–Crippen MR) is 125 cm³/mol. The molecule has 7 nitrogen and oxygen atoms in total. The molecule has 0 saturated heterocycles. The summed E-state index contributed by atoms with van der Waals surface area (Å²) in [5.74, 6) is -0.685. The van der Waals surface area contributed by atoms with Gasteiger partial charge in [0.25, 0.3) is 0 Å². The number of rotatable bonds is 12. The molecule has 0 fully saturated rings. The molecule has 0 unspecified atom stereocenters. The standard InChI is InChI=1S/C24H29BrN2O5/c1-31-23(29)21(16-19-12-7-8-13-20(19)25)27-22(28)14-6-3-9-15-26-24(30)32-17-18-10-4-2-5-11-18/h2,4-5,7-8,10-13,21H,3,6,9,14-17H2,1H3,(H,26,30)(H,27,28)/t21-/m0/s1. The third kappa shape index (κ3) is 9.51. The van der Waals surface area contributed by atoms with Crippen LogP contribution in [0.4, 0.5) is 4.79 Å². The quantitative estimate of drug-likeness (QED) is 0.334. The normalized spacial score (nSPS) is 11.3. The van der Waals surface area contributed by atoms with Crippen LogP contribution in [0, 0.1) is 0 Å². The molecular formula is C24H29BrN2O5. The van der Waals surface area contributed by atoms with Gasteiger partial charge in [-0.3, -0.25) is 4.79 Å². The van der Waals surface area contributed by atoms with Crippen LogP contribution in [0.3, 0.4) is 0 Å². The highest BCUT2D eigenvalue weighted by Gasteiger charge is 2.22. The van der Waals surface area contributed by atoms with Crippen LogP contribution in [-0.2, 0) is 32.1 Å². The van der Waals surface area contributed by atoms with Gasteiger partial charge < -0.3 is 20.1 Å². The Hall–Kier alpha value is -2.87. The average Bonchev–Trinajstić information content (AvgIpc) is 2.81. The Kier molecular flexibility index (Phi) is 11.3. The second-order valence-corrected chi connectivity index (χ2v) is 8.09. The molecule has 0 aromatic heterocycles. The maximum Gasteiger partial charge on any atom is 0.407 e. The maximum absolute atomic E-state index is 12.3. The van der Waals surface area contributed by atoms with Crippen molar-refractivity contribution >= 4 is 33.9 Å². The van der Waals surface area contributed by atoms with Crippen molar-refractivity contribution in [2.24, 2.45) is 0 Å². The van der Waals surface area contributed by atoms with Crippen molar-refractivity contribution in [2.45, 2.75) is 44.8 Å². The third-order valence-electron chi connectivity index (χ3n) is 4.77. The molecule has 0 radical (unpaired) electrons. The van der Waals surface area contributed by atoms with E-state index >= 15 is 0 Å². The number of hydrogen-bond acceptors (Lipinski definition) is 5. The highest BCUT2D eigenvalue weighted by atomic mass is 79.9. The Bertz CT molecular complexity index is 876. The summed E-state index contributed by atoms with van der Waals surface area (Å²) < 4.78 is 10.9. The van der Waals surface area contributed by atoms with Crippen molar-refractivity contribution in [3.8, 4) is 0 Å². The van der Waals surface area contributed by atoms with Crippen molar-refractivity contribution in [2.75, 3.05) is 13.7 Å². The minimum Gasteiger partial charge on any atom is -0.467 e. The van der Waals surface area contributed by atoms with E-state index in [0.29, 0.717) is 25.8 Å². The van der Waals surface area contributed by atoms with Crippen LogP contribution in [0.15, 0.2) is 59.1 Å². The summed E-state index contributed by atoms with van der Waals surface area (Å²) in [7, 11) is 1.30. The Morgan fingerprint density at radius 1 is 0.969 bits per heavy atom. The molecule has 0 aliphatic carbocycles. The molecule has 2 aromatic rings. The van der Waals surface area contributed by atoms with Crippen LogP contribution in [0.2, 0.25) is 0 Å². The first kappa shape index (κ1) is 25.4. The fourth-order valence-corrected chi connectivity index (χ4v) is 3.48. The first-order chi connectivity index (χ1) is 15.5. The number of benzene rings is 2. The number of halogens is 1. The molecule has 2 rings (SSSR count). The number of alkyl carbamates (subject to hydrolysis) is 1. The molecule has 2 aromatic carbocycles. The van der Waals surface area contributed by atoms with E-state index in [4.69, 9.17) is 9.47 Å². The lowest BCUT2D eigenvalue weighted by Gasteiger charge is -2.17. The summed E-state index contributed by atoms with van der Waals surface area (Å²) >= 11 is 3.46. The smallest absolute Gasteiger partial charge is 0.407 e. The number of hydrogen-bond donors (Lipinski definition) is 2. The van der Waals surface area contributed by atoms with Gasteiger partial charge in [-0.1, -0.05) is 70.9 Å². The van der Waals surface area contributed by atoms with Crippen molar-refractivity contribution in [1.29, 1.82) is 0 Å². The summed E-state index contributed by atoms with van der Waals surface area (Å²) in [5.41, 5.74) is 1.84. The Balaban J connectivity index is 1.62. The van der Waals surface area contributed by atoms with Crippen LogP contribution in [0.5, 0.6) is 0 Å². The van der Waals surface area contributed by atoms with Gasteiger partial charge in [0.05, 0.1) is 7.11 Å². The van der Waals surface area contributed by atoms with E-state index in [9.17, 15) is 14.4 Å². The zero-order valence-electron chi connectivity index (χ0n) is 18.1. The van der Waals surface area contributed by atoms with E-state index < -0.39 is 18.1 Å². The van der Waals surface area contributed by atoms with Crippen molar-refractivity contribution in [3.63, 3.8) is 0 Å². The molecule has 0 heterocycles. The summed E-state index contributed by atoms with van der Waals surface area (Å²) in [6.45, 7) is 0.704. The second kappa shape index (κ2) is 14.2. The van der Waals surface area contributed by atoms with Gasteiger partial charge in [0.15, 0.2) is 0 Å². The second-order valence-electron chi connectivity index (χ2n) is 7.24. The van der Waals surface area contributed by atoms with Crippen LogP contribution in [0.1, 0.15) is 36.8 Å². The van der Waals surface area contributed by atoms with E-state index in [1.54, 1.807) is 0 Å². The lowest BCUT2D eigenvalue weighted by Crippen LogP contribution is -2.43. The summed E-state index contributed by atoms with van der Waals surface area (Å²) in [4.78, 5) is 36.1. The SMILES string of the molecule is COC(=O)[C@H](Cc1ccccc1Br)NC(=O)CCCCCNC(=O)OCc1ccccc1. The van der Waals surface area contributed by atoms with E-state index in [-0.39, 0.29) is 12.5 Å². The fourth-order valence-electron chi connectivity index (χ4n) is 3.04. The van der Waals surface area contributed by atoms with Gasteiger partial charge in [0, 0.05) is 23.9 Å². The predicted octanol–water partition coefficient (Wildman–Crippen LogP) is 4.14. The number of carbonyl (C=O) groups is 3. The average molecular weight is 505 g/mol. The topological polar surface area (TPSA) is 93.7 Å². The van der Waals surface area contributed by atoms with Crippen LogP contribution in [0.25, 0.3) is 0 Å². The van der Waals surface area contributed by atoms with Gasteiger partial charge in [-0.25, -0.2) is 9.59 Å². The Morgan fingerprint density at radius 2 is 1.69 bits per heavy atom.